The largest absolute Gasteiger partial charge is 0.468 e. The predicted octanol–water partition coefficient (Wildman–Crippen LogP) is 3.42. The molecular weight excluding hydrogens is 226 g/mol. The summed E-state index contributed by atoms with van der Waals surface area (Å²) in [6.07, 6.45) is 0. The van der Waals surface area contributed by atoms with Gasteiger partial charge in [-0.2, -0.15) is 0 Å². The molecule has 3 heteroatoms. The molecule has 0 aromatic heterocycles. The summed E-state index contributed by atoms with van der Waals surface area (Å²) in [6, 6.07) is 8.19. The summed E-state index contributed by atoms with van der Waals surface area (Å²) in [7, 11) is 1.39. The van der Waals surface area contributed by atoms with Crippen LogP contribution in [0.4, 0.5) is 5.69 Å². The highest BCUT2D eigenvalue weighted by Gasteiger charge is 2.21. The van der Waals surface area contributed by atoms with Crippen LogP contribution in [0.1, 0.15) is 39.2 Å². The molecule has 0 saturated heterocycles. The first kappa shape index (κ1) is 14.6. The average Bonchev–Trinajstić information content (AvgIpc) is 2.34. The molecule has 0 spiro atoms. The summed E-state index contributed by atoms with van der Waals surface area (Å²) < 4.78 is 4.60. The molecule has 0 bridgehead atoms. The number of ether oxygens (including phenoxy) is 1. The van der Waals surface area contributed by atoms with Gasteiger partial charge in [-0.05, 0) is 29.0 Å². The molecule has 0 fully saturated rings. The van der Waals surface area contributed by atoms with Gasteiger partial charge in [-0.3, -0.25) is 4.79 Å². The van der Waals surface area contributed by atoms with Crippen molar-refractivity contribution in [3.63, 3.8) is 0 Å². The zero-order valence-electron chi connectivity index (χ0n) is 11.9. The lowest BCUT2D eigenvalue weighted by Crippen LogP contribution is -2.17. The van der Waals surface area contributed by atoms with Gasteiger partial charge in [0.05, 0.1) is 7.11 Å². The minimum absolute atomic E-state index is 0.198. The molecular formula is C15H23NO2. The molecule has 0 saturated carbocycles. The van der Waals surface area contributed by atoms with Crippen molar-refractivity contribution < 1.29 is 9.53 Å². The fraction of sp³-hybridized carbons (Fsp3) is 0.533. The number of esters is 1. The molecule has 0 aliphatic rings. The van der Waals surface area contributed by atoms with Gasteiger partial charge in [0.1, 0.15) is 6.54 Å². The van der Waals surface area contributed by atoms with E-state index >= 15 is 0 Å². The highest BCUT2D eigenvalue weighted by atomic mass is 16.5. The van der Waals surface area contributed by atoms with E-state index < -0.39 is 0 Å². The Hall–Kier alpha value is -1.51. The van der Waals surface area contributed by atoms with Gasteiger partial charge < -0.3 is 10.1 Å². The van der Waals surface area contributed by atoms with E-state index in [0.29, 0.717) is 5.92 Å². The average molecular weight is 249 g/mol. The predicted molar refractivity (Wildman–Crippen MR) is 74.8 cm³/mol. The maximum Gasteiger partial charge on any atom is 0.325 e. The lowest BCUT2D eigenvalue weighted by molar-refractivity contribution is -0.138. The molecule has 1 aromatic carbocycles. The van der Waals surface area contributed by atoms with E-state index in [1.807, 2.05) is 12.1 Å². The molecule has 1 N–H and O–H groups in total. The summed E-state index contributed by atoms with van der Waals surface area (Å²) in [5.74, 6) is 0.196. The van der Waals surface area contributed by atoms with Gasteiger partial charge >= 0.3 is 5.97 Å². The van der Waals surface area contributed by atoms with E-state index in [1.54, 1.807) is 0 Å². The molecule has 1 rings (SSSR count). The van der Waals surface area contributed by atoms with E-state index in [4.69, 9.17) is 0 Å². The van der Waals surface area contributed by atoms with Crippen molar-refractivity contribution in [2.45, 2.75) is 33.6 Å². The molecule has 0 aliphatic heterocycles. The number of rotatable bonds is 4. The van der Waals surface area contributed by atoms with E-state index in [-0.39, 0.29) is 17.9 Å². The van der Waals surface area contributed by atoms with Gasteiger partial charge in [-0.15, -0.1) is 0 Å². The molecule has 1 unspecified atom stereocenters. The number of carbonyl (C=O) groups is 1. The van der Waals surface area contributed by atoms with Crippen molar-refractivity contribution in [1.82, 2.24) is 0 Å². The maximum atomic E-state index is 11.1. The van der Waals surface area contributed by atoms with Crippen LogP contribution in [0.15, 0.2) is 24.3 Å². The van der Waals surface area contributed by atoms with Crippen LogP contribution in [-0.2, 0) is 9.53 Å². The minimum atomic E-state index is -0.260. The number of methoxy groups -OCH3 is 1. The molecule has 1 atom stereocenters. The van der Waals surface area contributed by atoms with Crippen LogP contribution < -0.4 is 5.32 Å². The van der Waals surface area contributed by atoms with E-state index in [0.717, 1.165) is 5.69 Å². The standard InChI is InChI=1S/C15H23NO2/c1-11(15(2,3)4)12-7-6-8-13(9-12)16-10-14(17)18-5/h6-9,11,16H,10H2,1-5H3. The van der Waals surface area contributed by atoms with E-state index in [9.17, 15) is 4.79 Å². The smallest absolute Gasteiger partial charge is 0.325 e. The third-order valence-electron chi connectivity index (χ3n) is 3.35. The first-order valence-corrected chi connectivity index (χ1v) is 6.25. The summed E-state index contributed by atoms with van der Waals surface area (Å²) in [6.45, 7) is 9.11. The van der Waals surface area contributed by atoms with Gasteiger partial charge in [0, 0.05) is 5.69 Å². The van der Waals surface area contributed by atoms with Crippen molar-refractivity contribution >= 4 is 11.7 Å². The van der Waals surface area contributed by atoms with Crippen LogP contribution in [0.5, 0.6) is 0 Å². The van der Waals surface area contributed by atoms with Crippen LogP contribution in [-0.4, -0.2) is 19.6 Å². The van der Waals surface area contributed by atoms with Crippen LogP contribution in [0.3, 0.4) is 0 Å². The Morgan fingerprint density at radius 1 is 1.39 bits per heavy atom. The molecule has 0 aliphatic carbocycles. The van der Waals surface area contributed by atoms with E-state index in [2.05, 4.69) is 49.9 Å². The third-order valence-corrected chi connectivity index (χ3v) is 3.35. The minimum Gasteiger partial charge on any atom is -0.468 e. The first-order chi connectivity index (χ1) is 8.34. The van der Waals surface area contributed by atoms with Gasteiger partial charge in [0.15, 0.2) is 0 Å². The quantitative estimate of drug-likeness (QED) is 0.831. The molecule has 0 amide bonds. The zero-order valence-corrected chi connectivity index (χ0v) is 11.9. The van der Waals surface area contributed by atoms with Gasteiger partial charge in [-0.25, -0.2) is 0 Å². The summed E-state index contributed by atoms with van der Waals surface area (Å²) in [4.78, 5) is 11.1. The molecule has 3 nitrogen and oxygen atoms in total. The monoisotopic (exact) mass is 249 g/mol. The molecule has 18 heavy (non-hydrogen) atoms. The number of anilines is 1. The fourth-order valence-electron chi connectivity index (χ4n) is 1.66. The zero-order chi connectivity index (χ0) is 13.8. The second-order valence-electron chi connectivity index (χ2n) is 5.64. The number of hydrogen-bond donors (Lipinski definition) is 1. The highest BCUT2D eigenvalue weighted by molar-refractivity contribution is 5.74. The molecule has 0 heterocycles. The maximum absolute atomic E-state index is 11.1. The lowest BCUT2D eigenvalue weighted by atomic mass is 9.78. The van der Waals surface area contributed by atoms with Gasteiger partial charge in [0.25, 0.3) is 0 Å². The summed E-state index contributed by atoms with van der Waals surface area (Å²) in [5, 5.41) is 3.07. The summed E-state index contributed by atoms with van der Waals surface area (Å²) in [5.41, 5.74) is 2.45. The van der Waals surface area contributed by atoms with Gasteiger partial charge in [-0.1, -0.05) is 39.8 Å². The summed E-state index contributed by atoms with van der Waals surface area (Å²) >= 11 is 0. The van der Waals surface area contributed by atoms with Crippen molar-refractivity contribution in [2.75, 3.05) is 19.0 Å². The van der Waals surface area contributed by atoms with Crippen molar-refractivity contribution in [2.24, 2.45) is 5.41 Å². The highest BCUT2D eigenvalue weighted by Crippen LogP contribution is 2.35. The Morgan fingerprint density at radius 2 is 2.06 bits per heavy atom. The molecule has 1 aromatic rings. The Kier molecular flexibility index (Phi) is 4.76. The Labute approximate surface area is 110 Å². The first-order valence-electron chi connectivity index (χ1n) is 6.25. The number of nitrogens with one attached hydrogen (secondary N) is 1. The third kappa shape index (κ3) is 4.06. The second kappa shape index (κ2) is 5.89. The Bertz CT molecular complexity index is 407. The second-order valence-corrected chi connectivity index (χ2v) is 5.64. The van der Waals surface area contributed by atoms with Crippen molar-refractivity contribution in [3.8, 4) is 0 Å². The number of hydrogen-bond acceptors (Lipinski definition) is 3. The van der Waals surface area contributed by atoms with E-state index in [1.165, 1.54) is 12.7 Å². The topological polar surface area (TPSA) is 38.3 Å². The van der Waals surface area contributed by atoms with Crippen molar-refractivity contribution in [1.29, 1.82) is 0 Å². The van der Waals surface area contributed by atoms with Crippen LogP contribution >= 0.6 is 0 Å². The Morgan fingerprint density at radius 3 is 2.61 bits per heavy atom. The molecule has 0 radical (unpaired) electrons. The lowest BCUT2D eigenvalue weighted by Gasteiger charge is -2.28. The number of carbonyl (C=O) groups excluding carboxylic acids is 1. The van der Waals surface area contributed by atoms with Crippen LogP contribution in [0.2, 0.25) is 0 Å². The van der Waals surface area contributed by atoms with Crippen LogP contribution in [0.25, 0.3) is 0 Å². The fourth-order valence-corrected chi connectivity index (χ4v) is 1.66. The van der Waals surface area contributed by atoms with Crippen LogP contribution in [0, 0.1) is 5.41 Å². The normalized spacial score (nSPS) is 12.9. The van der Waals surface area contributed by atoms with Crippen molar-refractivity contribution in [3.05, 3.63) is 29.8 Å². The SMILES string of the molecule is COC(=O)CNc1cccc(C(C)C(C)(C)C)c1. The van der Waals surface area contributed by atoms with Gasteiger partial charge in [0.2, 0.25) is 0 Å². The Balaban J connectivity index is 2.76. The number of benzene rings is 1. The molecule has 100 valence electrons.